The SMILES string of the molecule is C[C@@H]1C(=O)O[C@H]([C@@H](O)c2ccccc2)[C@H]1O. The Morgan fingerprint density at radius 1 is 1.31 bits per heavy atom. The Kier molecular flexibility index (Phi) is 2.94. The molecule has 1 saturated heterocycles. The molecule has 4 atom stereocenters. The molecule has 1 aliphatic heterocycles. The first kappa shape index (κ1) is 11.1. The van der Waals surface area contributed by atoms with Gasteiger partial charge in [-0.15, -0.1) is 0 Å². The molecule has 1 fully saturated rings. The predicted octanol–water partition coefficient (Wildman–Crippen LogP) is 0.642. The minimum atomic E-state index is -0.981. The molecule has 0 aromatic heterocycles. The summed E-state index contributed by atoms with van der Waals surface area (Å²) in [7, 11) is 0. The van der Waals surface area contributed by atoms with Crippen molar-refractivity contribution in [2.45, 2.75) is 25.2 Å². The maximum atomic E-state index is 11.2. The van der Waals surface area contributed by atoms with Crippen LogP contribution in [0.15, 0.2) is 30.3 Å². The van der Waals surface area contributed by atoms with Crippen LogP contribution in [0.5, 0.6) is 0 Å². The maximum Gasteiger partial charge on any atom is 0.311 e. The van der Waals surface area contributed by atoms with Crippen LogP contribution < -0.4 is 0 Å². The van der Waals surface area contributed by atoms with Gasteiger partial charge in [-0.3, -0.25) is 4.79 Å². The van der Waals surface area contributed by atoms with Gasteiger partial charge in [0, 0.05) is 0 Å². The monoisotopic (exact) mass is 222 g/mol. The molecule has 4 heteroatoms. The molecule has 0 bridgehead atoms. The zero-order chi connectivity index (χ0) is 11.7. The highest BCUT2D eigenvalue weighted by Crippen LogP contribution is 2.30. The average Bonchev–Trinajstić information content (AvgIpc) is 2.57. The fraction of sp³-hybridized carbons (Fsp3) is 0.417. The summed E-state index contributed by atoms with van der Waals surface area (Å²) in [5.41, 5.74) is 0.633. The molecular formula is C12H14O4. The van der Waals surface area contributed by atoms with Crippen LogP contribution >= 0.6 is 0 Å². The molecule has 2 N–H and O–H groups in total. The number of esters is 1. The highest BCUT2D eigenvalue weighted by molar-refractivity contribution is 5.75. The van der Waals surface area contributed by atoms with Gasteiger partial charge in [0.2, 0.25) is 0 Å². The topological polar surface area (TPSA) is 66.8 Å². The number of carbonyl (C=O) groups is 1. The number of aliphatic hydroxyl groups is 2. The van der Waals surface area contributed by atoms with Crippen molar-refractivity contribution >= 4 is 5.97 Å². The molecule has 16 heavy (non-hydrogen) atoms. The molecule has 0 amide bonds. The Morgan fingerprint density at radius 3 is 2.44 bits per heavy atom. The average molecular weight is 222 g/mol. The zero-order valence-electron chi connectivity index (χ0n) is 8.91. The number of hydrogen-bond acceptors (Lipinski definition) is 4. The Bertz CT molecular complexity index is 376. The first-order valence-electron chi connectivity index (χ1n) is 5.23. The summed E-state index contributed by atoms with van der Waals surface area (Å²) >= 11 is 0. The van der Waals surface area contributed by atoms with E-state index in [4.69, 9.17) is 4.74 Å². The number of carbonyl (C=O) groups excluding carboxylic acids is 1. The molecule has 1 aliphatic rings. The van der Waals surface area contributed by atoms with Crippen LogP contribution in [0.25, 0.3) is 0 Å². The molecule has 1 aromatic carbocycles. The van der Waals surface area contributed by atoms with E-state index in [1.807, 2.05) is 6.07 Å². The minimum absolute atomic E-state index is 0.465. The summed E-state index contributed by atoms with van der Waals surface area (Å²) < 4.78 is 4.96. The number of rotatable bonds is 2. The fourth-order valence-corrected chi connectivity index (χ4v) is 1.83. The Labute approximate surface area is 93.5 Å². The van der Waals surface area contributed by atoms with Crippen LogP contribution in [-0.2, 0) is 9.53 Å². The van der Waals surface area contributed by atoms with E-state index in [1.165, 1.54) is 0 Å². The second-order valence-electron chi connectivity index (χ2n) is 4.04. The van der Waals surface area contributed by atoms with Crippen molar-refractivity contribution in [3.05, 3.63) is 35.9 Å². The van der Waals surface area contributed by atoms with Crippen LogP contribution in [0.1, 0.15) is 18.6 Å². The van der Waals surface area contributed by atoms with Crippen molar-refractivity contribution in [3.8, 4) is 0 Å². The van der Waals surface area contributed by atoms with Gasteiger partial charge in [0.15, 0.2) is 6.10 Å². The first-order chi connectivity index (χ1) is 7.61. The van der Waals surface area contributed by atoms with E-state index in [2.05, 4.69) is 0 Å². The molecular weight excluding hydrogens is 208 g/mol. The molecule has 0 radical (unpaired) electrons. The number of cyclic esters (lactones) is 1. The van der Waals surface area contributed by atoms with Crippen LogP contribution in [0, 0.1) is 5.92 Å². The third kappa shape index (κ3) is 1.81. The lowest BCUT2D eigenvalue weighted by Gasteiger charge is -2.20. The number of aliphatic hydroxyl groups excluding tert-OH is 2. The molecule has 0 saturated carbocycles. The maximum absolute atomic E-state index is 11.2. The number of hydrogen-bond donors (Lipinski definition) is 2. The largest absolute Gasteiger partial charge is 0.456 e. The van der Waals surface area contributed by atoms with Crippen LogP contribution in [0.4, 0.5) is 0 Å². The van der Waals surface area contributed by atoms with Gasteiger partial charge in [0.1, 0.15) is 12.2 Å². The summed E-state index contributed by atoms with van der Waals surface area (Å²) in [4.78, 5) is 11.2. The van der Waals surface area contributed by atoms with Gasteiger partial charge < -0.3 is 14.9 Å². The van der Waals surface area contributed by atoms with E-state index in [1.54, 1.807) is 31.2 Å². The van der Waals surface area contributed by atoms with Gasteiger partial charge in [-0.1, -0.05) is 30.3 Å². The van der Waals surface area contributed by atoms with Crippen molar-refractivity contribution in [1.82, 2.24) is 0 Å². The van der Waals surface area contributed by atoms with Crippen molar-refractivity contribution in [1.29, 1.82) is 0 Å². The molecule has 4 nitrogen and oxygen atoms in total. The lowest BCUT2D eigenvalue weighted by atomic mass is 9.96. The van der Waals surface area contributed by atoms with Crippen LogP contribution in [0.3, 0.4) is 0 Å². The van der Waals surface area contributed by atoms with E-state index >= 15 is 0 Å². The Balaban J connectivity index is 2.18. The summed E-state index contributed by atoms with van der Waals surface area (Å²) in [6.07, 6.45) is -2.81. The lowest BCUT2D eigenvalue weighted by molar-refractivity contribution is -0.148. The second kappa shape index (κ2) is 4.23. The minimum Gasteiger partial charge on any atom is -0.456 e. The first-order valence-corrected chi connectivity index (χ1v) is 5.23. The van der Waals surface area contributed by atoms with Crippen LogP contribution in [-0.4, -0.2) is 28.4 Å². The molecule has 86 valence electrons. The summed E-state index contributed by atoms with van der Waals surface area (Å²) in [5.74, 6) is -1.05. The zero-order valence-corrected chi connectivity index (χ0v) is 8.91. The Morgan fingerprint density at radius 2 is 1.94 bits per heavy atom. The van der Waals surface area contributed by atoms with E-state index in [-0.39, 0.29) is 0 Å². The van der Waals surface area contributed by atoms with Gasteiger partial charge in [0.05, 0.1) is 5.92 Å². The predicted molar refractivity (Wildman–Crippen MR) is 56.5 cm³/mol. The van der Waals surface area contributed by atoms with Crippen molar-refractivity contribution in [3.63, 3.8) is 0 Å². The van der Waals surface area contributed by atoms with E-state index in [0.717, 1.165) is 0 Å². The summed E-state index contributed by atoms with van der Waals surface area (Å²) in [5, 5.41) is 19.7. The smallest absolute Gasteiger partial charge is 0.311 e. The summed E-state index contributed by atoms with van der Waals surface area (Å²) in [6, 6.07) is 8.86. The van der Waals surface area contributed by atoms with E-state index in [9.17, 15) is 15.0 Å². The Hall–Kier alpha value is -1.39. The van der Waals surface area contributed by atoms with Crippen molar-refractivity contribution in [2.24, 2.45) is 5.92 Å². The number of ether oxygens (including phenoxy) is 1. The van der Waals surface area contributed by atoms with Crippen molar-refractivity contribution in [2.75, 3.05) is 0 Å². The molecule has 0 unspecified atom stereocenters. The third-order valence-electron chi connectivity index (χ3n) is 2.93. The molecule has 0 aliphatic carbocycles. The second-order valence-corrected chi connectivity index (χ2v) is 4.04. The van der Waals surface area contributed by atoms with Gasteiger partial charge in [-0.05, 0) is 12.5 Å². The number of benzene rings is 1. The van der Waals surface area contributed by atoms with Gasteiger partial charge in [-0.25, -0.2) is 0 Å². The van der Waals surface area contributed by atoms with Gasteiger partial charge in [-0.2, -0.15) is 0 Å². The van der Waals surface area contributed by atoms with Crippen LogP contribution in [0.2, 0.25) is 0 Å². The summed E-state index contributed by atoms with van der Waals surface area (Å²) in [6.45, 7) is 1.59. The highest BCUT2D eigenvalue weighted by atomic mass is 16.6. The molecule has 1 aromatic rings. The van der Waals surface area contributed by atoms with Gasteiger partial charge in [0.25, 0.3) is 0 Å². The van der Waals surface area contributed by atoms with Crippen molar-refractivity contribution < 1.29 is 19.7 Å². The molecule has 1 heterocycles. The third-order valence-corrected chi connectivity index (χ3v) is 2.93. The fourth-order valence-electron chi connectivity index (χ4n) is 1.83. The van der Waals surface area contributed by atoms with Gasteiger partial charge >= 0.3 is 5.97 Å². The standard InChI is InChI=1S/C12H14O4/c1-7-9(13)11(16-12(7)15)10(14)8-5-3-2-4-6-8/h2-7,9-11,13-14H,1H3/t7-,9-,10-,11-/m0/s1. The lowest BCUT2D eigenvalue weighted by Crippen LogP contribution is -2.31. The molecule has 2 rings (SSSR count). The molecule has 0 spiro atoms. The van der Waals surface area contributed by atoms with E-state index in [0.29, 0.717) is 5.56 Å². The quantitative estimate of drug-likeness (QED) is 0.721. The van der Waals surface area contributed by atoms with E-state index < -0.39 is 30.2 Å². The normalized spacial score (nSPS) is 31.2. The highest BCUT2D eigenvalue weighted by Gasteiger charge is 2.44.